The smallest absolute Gasteiger partial charge is 0.231 e. The molecule has 1 saturated heterocycles. The number of likely N-dealkylation sites (tertiary alicyclic amines) is 1. The molecule has 1 atom stereocenters. The number of nitrogens with zero attached hydrogens (tertiary/aromatic N) is 3. The predicted molar refractivity (Wildman–Crippen MR) is 87.1 cm³/mol. The molecule has 1 unspecified atom stereocenters. The predicted octanol–water partition coefficient (Wildman–Crippen LogP) is 2.21. The molecule has 3 N–H and O–H groups in total. The number of carbonyl (C=O) groups is 1. The van der Waals surface area contributed by atoms with Gasteiger partial charge in [0.2, 0.25) is 5.91 Å². The molecule has 116 valence electrons. The van der Waals surface area contributed by atoms with Gasteiger partial charge in [0.1, 0.15) is 5.82 Å². The Morgan fingerprint density at radius 1 is 1.50 bits per heavy atom. The highest BCUT2D eigenvalue weighted by molar-refractivity contribution is 7.13. The van der Waals surface area contributed by atoms with Crippen LogP contribution in [0.1, 0.15) is 30.3 Å². The van der Waals surface area contributed by atoms with Gasteiger partial charge in [0, 0.05) is 5.38 Å². The molecule has 1 aliphatic heterocycles. The fourth-order valence-electron chi connectivity index (χ4n) is 2.78. The van der Waals surface area contributed by atoms with Crippen LogP contribution in [0.4, 0.5) is 10.9 Å². The molecule has 3 heterocycles. The molecule has 2 aromatic rings. The van der Waals surface area contributed by atoms with Crippen molar-refractivity contribution >= 4 is 28.2 Å². The van der Waals surface area contributed by atoms with Gasteiger partial charge in [0.25, 0.3) is 0 Å². The Kier molecular flexibility index (Phi) is 4.35. The van der Waals surface area contributed by atoms with E-state index in [1.165, 1.54) is 0 Å². The molecule has 1 fully saturated rings. The fraction of sp³-hybridized carbons (Fsp3) is 0.400. The normalized spacial score (nSPS) is 18.5. The molecule has 2 aromatic heterocycles. The van der Waals surface area contributed by atoms with E-state index in [4.69, 9.17) is 5.73 Å². The third-order valence-corrected chi connectivity index (χ3v) is 4.56. The Morgan fingerprint density at radius 3 is 3.09 bits per heavy atom. The summed E-state index contributed by atoms with van der Waals surface area (Å²) in [6.07, 6.45) is 2.06. The summed E-state index contributed by atoms with van der Waals surface area (Å²) in [4.78, 5) is 22.3. The topological polar surface area (TPSA) is 84.1 Å². The van der Waals surface area contributed by atoms with Crippen molar-refractivity contribution in [2.24, 2.45) is 5.73 Å². The van der Waals surface area contributed by atoms with E-state index in [-0.39, 0.29) is 18.5 Å². The Morgan fingerprint density at radius 2 is 2.36 bits per heavy atom. The molecule has 7 heteroatoms. The first kappa shape index (κ1) is 14.9. The molecule has 1 aliphatic rings. The number of aromatic nitrogens is 2. The van der Waals surface area contributed by atoms with Crippen LogP contribution in [0, 0.1) is 6.92 Å². The maximum Gasteiger partial charge on any atom is 0.231 e. The maximum absolute atomic E-state index is 11.2. The van der Waals surface area contributed by atoms with Gasteiger partial charge in [-0.3, -0.25) is 9.69 Å². The summed E-state index contributed by atoms with van der Waals surface area (Å²) >= 11 is 1.56. The molecule has 3 rings (SSSR count). The van der Waals surface area contributed by atoms with Crippen LogP contribution < -0.4 is 11.1 Å². The van der Waals surface area contributed by atoms with Crippen LogP contribution in [0.3, 0.4) is 0 Å². The molecule has 0 bridgehead atoms. The third kappa shape index (κ3) is 3.42. The maximum atomic E-state index is 11.2. The van der Waals surface area contributed by atoms with E-state index in [9.17, 15) is 4.79 Å². The zero-order valence-electron chi connectivity index (χ0n) is 12.5. The number of aryl methyl sites for hydroxylation is 1. The number of rotatable bonds is 5. The van der Waals surface area contributed by atoms with Gasteiger partial charge in [-0.1, -0.05) is 6.07 Å². The number of hydrogen-bond acceptors (Lipinski definition) is 6. The van der Waals surface area contributed by atoms with Crippen LogP contribution >= 0.6 is 11.3 Å². The quantitative estimate of drug-likeness (QED) is 0.883. The SMILES string of the molecule is Cc1csc(Nc2cccc(C3CCCN3CC(N)=O)n2)n1. The van der Waals surface area contributed by atoms with E-state index in [1.807, 2.05) is 30.5 Å². The molecule has 22 heavy (non-hydrogen) atoms. The van der Waals surface area contributed by atoms with Gasteiger partial charge in [-0.05, 0) is 38.4 Å². The molecule has 0 aliphatic carbocycles. The van der Waals surface area contributed by atoms with Crippen molar-refractivity contribution < 1.29 is 4.79 Å². The van der Waals surface area contributed by atoms with E-state index in [0.717, 1.165) is 41.7 Å². The van der Waals surface area contributed by atoms with Crippen LogP contribution in [0.25, 0.3) is 0 Å². The van der Waals surface area contributed by atoms with Crippen molar-refractivity contribution in [2.75, 3.05) is 18.4 Å². The number of nitrogens with one attached hydrogen (secondary N) is 1. The summed E-state index contributed by atoms with van der Waals surface area (Å²) in [6, 6.07) is 6.06. The number of pyridine rings is 1. The Labute approximate surface area is 133 Å². The first-order valence-electron chi connectivity index (χ1n) is 7.30. The highest BCUT2D eigenvalue weighted by atomic mass is 32.1. The standard InChI is InChI=1S/C15H19N5OS/c1-10-9-22-15(17-10)19-14-6-2-4-11(18-14)12-5-3-7-20(12)8-13(16)21/h2,4,6,9,12H,3,5,7-8H2,1H3,(H2,16,21)(H,17,18,19). The summed E-state index contributed by atoms with van der Waals surface area (Å²) in [5.41, 5.74) is 7.29. The van der Waals surface area contributed by atoms with Crippen molar-refractivity contribution in [2.45, 2.75) is 25.8 Å². The number of primary amides is 1. The molecule has 6 nitrogen and oxygen atoms in total. The van der Waals surface area contributed by atoms with Gasteiger partial charge in [0.15, 0.2) is 5.13 Å². The summed E-state index contributed by atoms with van der Waals surface area (Å²) in [5, 5.41) is 6.06. The van der Waals surface area contributed by atoms with Crippen LogP contribution in [-0.4, -0.2) is 33.9 Å². The lowest BCUT2D eigenvalue weighted by atomic mass is 10.1. The van der Waals surface area contributed by atoms with Gasteiger partial charge in [-0.15, -0.1) is 11.3 Å². The molecule has 0 aromatic carbocycles. The van der Waals surface area contributed by atoms with E-state index < -0.39 is 0 Å². The second-order valence-electron chi connectivity index (χ2n) is 5.46. The number of nitrogens with two attached hydrogens (primary N) is 1. The first-order valence-corrected chi connectivity index (χ1v) is 8.18. The average Bonchev–Trinajstić information content (AvgIpc) is 3.08. The minimum Gasteiger partial charge on any atom is -0.369 e. The van der Waals surface area contributed by atoms with Gasteiger partial charge in [0.05, 0.1) is 24.0 Å². The number of thiazole rings is 1. The monoisotopic (exact) mass is 317 g/mol. The van der Waals surface area contributed by atoms with E-state index in [1.54, 1.807) is 11.3 Å². The van der Waals surface area contributed by atoms with E-state index in [0.29, 0.717) is 0 Å². The van der Waals surface area contributed by atoms with Crippen LogP contribution in [0.15, 0.2) is 23.6 Å². The van der Waals surface area contributed by atoms with E-state index >= 15 is 0 Å². The summed E-state index contributed by atoms with van der Waals surface area (Å²) < 4.78 is 0. The Bertz CT molecular complexity index is 671. The lowest BCUT2D eigenvalue weighted by Gasteiger charge is -2.22. The summed E-state index contributed by atoms with van der Waals surface area (Å²) in [7, 11) is 0. The van der Waals surface area contributed by atoms with Crippen molar-refractivity contribution in [3.8, 4) is 0 Å². The molecule has 0 saturated carbocycles. The van der Waals surface area contributed by atoms with Gasteiger partial charge >= 0.3 is 0 Å². The lowest BCUT2D eigenvalue weighted by molar-refractivity contribution is -0.119. The number of hydrogen-bond donors (Lipinski definition) is 2. The molecular formula is C15H19N5OS. The summed E-state index contributed by atoms with van der Waals surface area (Å²) in [6.45, 7) is 3.14. The molecule has 0 radical (unpaired) electrons. The first-order chi connectivity index (χ1) is 10.6. The van der Waals surface area contributed by atoms with Crippen molar-refractivity contribution in [1.29, 1.82) is 0 Å². The largest absolute Gasteiger partial charge is 0.369 e. The number of carbonyl (C=O) groups excluding carboxylic acids is 1. The van der Waals surface area contributed by atoms with Gasteiger partial charge in [-0.2, -0.15) is 0 Å². The minimum atomic E-state index is -0.292. The Balaban J connectivity index is 1.77. The molecular weight excluding hydrogens is 298 g/mol. The second-order valence-corrected chi connectivity index (χ2v) is 6.32. The van der Waals surface area contributed by atoms with Crippen molar-refractivity contribution in [3.05, 3.63) is 35.0 Å². The minimum absolute atomic E-state index is 0.160. The fourth-order valence-corrected chi connectivity index (χ4v) is 3.47. The van der Waals surface area contributed by atoms with Crippen LogP contribution in [0.5, 0.6) is 0 Å². The summed E-state index contributed by atoms with van der Waals surface area (Å²) in [5.74, 6) is 0.484. The number of amides is 1. The number of anilines is 2. The highest BCUT2D eigenvalue weighted by Gasteiger charge is 2.28. The van der Waals surface area contributed by atoms with Gasteiger partial charge < -0.3 is 11.1 Å². The van der Waals surface area contributed by atoms with Crippen molar-refractivity contribution in [3.63, 3.8) is 0 Å². The average molecular weight is 317 g/mol. The zero-order chi connectivity index (χ0) is 15.5. The lowest BCUT2D eigenvalue weighted by Crippen LogP contribution is -2.33. The van der Waals surface area contributed by atoms with Crippen LogP contribution in [0.2, 0.25) is 0 Å². The highest BCUT2D eigenvalue weighted by Crippen LogP contribution is 2.31. The van der Waals surface area contributed by atoms with Gasteiger partial charge in [-0.25, -0.2) is 9.97 Å². The second kappa shape index (κ2) is 6.41. The molecule has 0 spiro atoms. The van der Waals surface area contributed by atoms with Crippen LogP contribution in [-0.2, 0) is 4.79 Å². The zero-order valence-corrected chi connectivity index (χ0v) is 13.3. The third-order valence-electron chi connectivity index (χ3n) is 3.69. The molecule has 1 amide bonds. The van der Waals surface area contributed by atoms with E-state index in [2.05, 4.69) is 20.2 Å². The Hall–Kier alpha value is -1.99. The van der Waals surface area contributed by atoms with Crippen molar-refractivity contribution in [1.82, 2.24) is 14.9 Å².